The van der Waals surface area contributed by atoms with Crippen LogP contribution in [0.4, 0.5) is 0 Å². The third-order valence-electron chi connectivity index (χ3n) is 5.46. The molecule has 0 spiro atoms. The molecule has 3 rings (SSSR count). The molecule has 1 aromatic rings. The molecular weight excluding hydrogens is 330 g/mol. The van der Waals surface area contributed by atoms with Gasteiger partial charge in [0.15, 0.2) is 0 Å². The number of aliphatic hydroxyl groups excluding tert-OH is 1. The van der Waals surface area contributed by atoms with E-state index in [0.29, 0.717) is 12.6 Å². The van der Waals surface area contributed by atoms with E-state index in [1.807, 2.05) is 6.07 Å². The Morgan fingerprint density at radius 3 is 2.73 bits per heavy atom. The number of hydrogen-bond donors (Lipinski definition) is 1. The zero-order chi connectivity index (χ0) is 18.2. The van der Waals surface area contributed by atoms with E-state index in [4.69, 9.17) is 9.47 Å². The molecule has 26 heavy (non-hydrogen) atoms. The quantitative estimate of drug-likeness (QED) is 0.741. The van der Waals surface area contributed by atoms with E-state index in [1.54, 1.807) is 0 Å². The zero-order valence-corrected chi connectivity index (χ0v) is 16.0. The lowest BCUT2D eigenvalue weighted by Crippen LogP contribution is -2.51. The molecule has 2 aliphatic heterocycles. The number of aliphatic hydroxyl groups is 1. The smallest absolute Gasteiger partial charge is 0.123 e. The Morgan fingerprint density at radius 2 is 1.92 bits per heavy atom. The third kappa shape index (κ3) is 5.66. The summed E-state index contributed by atoms with van der Waals surface area (Å²) in [6.07, 6.45) is 0.838. The van der Waals surface area contributed by atoms with Crippen LogP contribution in [0.1, 0.15) is 12.0 Å². The lowest BCUT2D eigenvalue weighted by molar-refractivity contribution is 0.0320. The van der Waals surface area contributed by atoms with E-state index in [1.165, 1.54) is 5.56 Å². The summed E-state index contributed by atoms with van der Waals surface area (Å²) in [7, 11) is 2.15. The van der Waals surface area contributed by atoms with Gasteiger partial charge in [-0.05, 0) is 19.5 Å². The molecule has 2 fully saturated rings. The van der Waals surface area contributed by atoms with E-state index in [-0.39, 0.29) is 6.61 Å². The maximum Gasteiger partial charge on any atom is 0.123 e. The van der Waals surface area contributed by atoms with Crippen molar-refractivity contribution in [2.45, 2.75) is 19.0 Å². The van der Waals surface area contributed by atoms with Crippen LogP contribution in [0.15, 0.2) is 24.3 Å². The molecule has 0 aliphatic carbocycles. The predicted molar refractivity (Wildman–Crippen MR) is 103 cm³/mol. The number of likely N-dealkylation sites (N-methyl/N-ethyl adjacent to an activating group) is 1. The van der Waals surface area contributed by atoms with Crippen LogP contribution in [0.25, 0.3) is 0 Å². The number of morpholine rings is 1. The van der Waals surface area contributed by atoms with Crippen molar-refractivity contribution in [3.05, 3.63) is 29.8 Å². The van der Waals surface area contributed by atoms with Gasteiger partial charge in [0.05, 0.1) is 13.2 Å². The van der Waals surface area contributed by atoms with Gasteiger partial charge in [-0.1, -0.05) is 18.2 Å². The fourth-order valence-electron chi connectivity index (χ4n) is 3.74. The second-order valence-electron chi connectivity index (χ2n) is 7.29. The van der Waals surface area contributed by atoms with E-state index in [0.717, 1.165) is 71.2 Å². The third-order valence-corrected chi connectivity index (χ3v) is 5.46. The molecule has 6 heteroatoms. The number of piperazine rings is 1. The van der Waals surface area contributed by atoms with Crippen molar-refractivity contribution in [2.24, 2.45) is 0 Å². The minimum absolute atomic E-state index is 0.254. The largest absolute Gasteiger partial charge is 0.492 e. The molecule has 0 saturated carbocycles. The number of nitrogens with zero attached hydrogens (tertiary/aromatic N) is 3. The van der Waals surface area contributed by atoms with Gasteiger partial charge in [0, 0.05) is 64.0 Å². The normalized spacial score (nSPS) is 23.2. The lowest BCUT2D eigenvalue weighted by Gasteiger charge is -2.39. The molecule has 1 aromatic carbocycles. The summed E-state index contributed by atoms with van der Waals surface area (Å²) in [6, 6.07) is 8.82. The molecule has 146 valence electrons. The second kappa shape index (κ2) is 10.2. The molecule has 1 N–H and O–H groups in total. The van der Waals surface area contributed by atoms with E-state index in [9.17, 15) is 5.11 Å². The molecule has 0 bridgehead atoms. The maximum absolute atomic E-state index is 9.28. The van der Waals surface area contributed by atoms with Crippen LogP contribution in [0.2, 0.25) is 0 Å². The average Bonchev–Trinajstić information content (AvgIpc) is 2.67. The van der Waals surface area contributed by atoms with Crippen molar-refractivity contribution < 1.29 is 14.6 Å². The van der Waals surface area contributed by atoms with Gasteiger partial charge < -0.3 is 19.5 Å². The van der Waals surface area contributed by atoms with Crippen LogP contribution in [-0.2, 0) is 11.3 Å². The van der Waals surface area contributed by atoms with E-state index in [2.05, 4.69) is 39.9 Å². The van der Waals surface area contributed by atoms with Gasteiger partial charge in [-0.15, -0.1) is 0 Å². The van der Waals surface area contributed by atoms with Crippen LogP contribution in [0, 0.1) is 0 Å². The number of benzene rings is 1. The highest BCUT2D eigenvalue weighted by Crippen LogP contribution is 2.22. The highest BCUT2D eigenvalue weighted by Gasteiger charge is 2.24. The molecule has 2 saturated heterocycles. The van der Waals surface area contributed by atoms with E-state index < -0.39 is 0 Å². The van der Waals surface area contributed by atoms with Crippen molar-refractivity contribution >= 4 is 0 Å². The summed E-state index contributed by atoms with van der Waals surface area (Å²) in [5.41, 5.74) is 1.25. The highest BCUT2D eigenvalue weighted by atomic mass is 16.5. The average molecular weight is 364 g/mol. The highest BCUT2D eigenvalue weighted by molar-refractivity contribution is 5.33. The van der Waals surface area contributed by atoms with E-state index >= 15 is 0 Å². The monoisotopic (exact) mass is 363 g/mol. The first-order valence-corrected chi connectivity index (χ1v) is 9.80. The Morgan fingerprint density at radius 1 is 1.12 bits per heavy atom. The Balaban J connectivity index is 1.51. The molecular formula is C20H33N3O3. The molecule has 2 heterocycles. The summed E-state index contributed by atoms with van der Waals surface area (Å²) in [6.45, 7) is 9.58. The van der Waals surface area contributed by atoms with Crippen molar-refractivity contribution in [2.75, 3.05) is 72.7 Å². The van der Waals surface area contributed by atoms with Gasteiger partial charge in [0.25, 0.3) is 0 Å². The predicted octanol–water partition coefficient (Wildman–Crippen LogP) is 0.896. The Labute approximate surface area is 157 Å². The first kappa shape index (κ1) is 19.6. The molecule has 6 nitrogen and oxygen atoms in total. The number of rotatable bonds is 8. The SMILES string of the molecule is CN1CCN(Cc2ccccc2OCCN2CCOCC2)C[C@H]1CCO. The first-order valence-electron chi connectivity index (χ1n) is 9.80. The van der Waals surface area contributed by atoms with Gasteiger partial charge in [-0.3, -0.25) is 9.80 Å². The minimum Gasteiger partial charge on any atom is -0.492 e. The topological polar surface area (TPSA) is 48.4 Å². The summed E-state index contributed by atoms with van der Waals surface area (Å²) in [4.78, 5) is 7.23. The molecule has 0 aromatic heterocycles. The molecule has 0 amide bonds. The van der Waals surface area contributed by atoms with Crippen molar-refractivity contribution in [3.63, 3.8) is 0 Å². The summed E-state index contributed by atoms with van der Waals surface area (Å²) in [5, 5.41) is 9.28. The van der Waals surface area contributed by atoms with Gasteiger partial charge in [0.1, 0.15) is 12.4 Å². The van der Waals surface area contributed by atoms with Crippen molar-refractivity contribution in [1.29, 1.82) is 0 Å². The fraction of sp³-hybridized carbons (Fsp3) is 0.700. The Hall–Kier alpha value is -1.18. The van der Waals surface area contributed by atoms with Crippen LogP contribution in [-0.4, -0.2) is 98.6 Å². The van der Waals surface area contributed by atoms with Crippen molar-refractivity contribution in [3.8, 4) is 5.75 Å². The summed E-state index contributed by atoms with van der Waals surface area (Å²) < 4.78 is 11.5. The standard InChI is InChI=1S/C20H33N3O3/c1-21-7-8-23(17-19(21)6-12-24)16-18-4-2-3-5-20(18)26-15-11-22-9-13-25-14-10-22/h2-5,19,24H,6-17H2,1H3/t19-/m1/s1. The van der Waals surface area contributed by atoms with Gasteiger partial charge >= 0.3 is 0 Å². The van der Waals surface area contributed by atoms with Gasteiger partial charge in [-0.25, -0.2) is 0 Å². The zero-order valence-electron chi connectivity index (χ0n) is 16.0. The van der Waals surface area contributed by atoms with Crippen LogP contribution >= 0.6 is 0 Å². The van der Waals surface area contributed by atoms with Crippen LogP contribution < -0.4 is 4.74 Å². The number of hydrogen-bond acceptors (Lipinski definition) is 6. The maximum atomic E-state index is 9.28. The lowest BCUT2D eigenvalue weighted by atomic mass is 10.1. The van der Waals surface area contributed by atoms with Gasteiger partial charge in [0.2, 0.25) is 0 Å². The molecule has 0 radical (unpaired) electrons. The van der Waals surface area contributed by atoms with Crippen LogP contribution in [0.3, 0.4) is 0 Å². The van der Waals surface area contributed by atoms with Crippen LogP contribution in [0.5, 0.6) is 5.75 Å². The van der Waals surface area contributed by atoms with Crippen molar-refractivity contribution in [1.82, 2.24) is 14.7 Å². The Bertz CT molecular complexity index is 537. The molecule has 2 aliphatic rings. The minimum atomic E-state index is 0.254. The number of ether oxygens (including phenoxy) is 2. The number of para-hydroxylation sites is 1. The Kier molecular flexibility index (Phi) is 7.70. The summed E-state index contributed by atoms with van der Waals surface area (Å²) >= 11 is 0. The summed E-state index contributed by atoms with van der Waals surface area (Å²) in [5.74, 6) is 0.999. The fourth-order valence-corrected chi connectivity index (χ4v) is 3.74. The van der Waals surface area contributed by atoms with Gasteiger partial charge in [-0.2, -0.15) is 0 Å². The second-order valence-corrected chi connectivity index (χ2v) is 7.29. The molecule has 0 unspecified atom stereocenters. The molecule has 1 atom stereocenters. The first-order chi connectivity index (χ1) is 12.8.